The van der Waals surface area contributed by atoms with Gasteiger partial charge >= 0.3 is 0 Å². The first-order chi connectivity index (χ1) is 14.0. The highest BCUT2D eigenvalue weighted by Gasteiger charge is 2.32. The van der Waals surface area contributed by atoms with Crippen LogP contribution in [-0.2, 0) is 4.79 Å². The summed E-state index contributed by atoms with van der Waals surface area (Å²) in [7, 11) is 0. The van der Waals surface area contributed by atoms with Gasteiger partial charge in [-0.05, 0) is 43.2 Å². The van der Waals surface area contributed by atoms with Gasteiger partial charge in [-0.2, -0.15) is 9.78 Å². The van der Waals surface area contributed by atoms with Crippen LogP contribution in [0, 0.1) is 5.82 Å². The third-order valence-corrected chi connectivity index (χ3v) is 5.34. The summed E-state index contributed by atoms with van der Waals surface area (Å²) in [6.45, 7) is 2.74. The number of likely N-dealkylation sites (tertiary alicyclic amines) is 1. The van der Waals surface area contributed by atoms with E-state index < -0.39 is 11.4 Å². The number of carbonyl (C=O) groups is 2. The van der Waals surface area contributed by atoms with Gasteiger partial charge in [0, 0.05) is 38.3 Å². The molecule has 3 heterocycles. The molecule has 29 heavy (non-hydrogen) atoms. The number of nitrogens with zero attached hydrogens (tertiary/aromatic N) is 4. The summed E-state index contributed by atoms with van der Waals surface area (Å²) in [5.41, 5.74) is 0.117. The van der Waals surface area contributed by atoms with Crippen molar-refractivity contribution in [3.8, 4) is 5.69 Å². The summed E-state index contributed by atoms with van der Waals surface area (Å²) in [5, 5.41) is 7.26. The average Bonchev–Trinajstić information content (AvgIpc) is 2.75. The maximum Gasteiger partial charge on any atom is 0.274 e. The lowest BCUT2D eigenvalue weighted by atomic mass is 10.0. The van der Waals surface area contributed by atoms with Gasteiger partial charge in [0.15, 0.2) is 0 Å². The second kappa shape index (κ2) is 8.12. The van der Waals surface area contributed by atoms with E-state index in [0.717, 1.165) is 24.1 Å². The van der Waals surface area contributed by atoms with E-state index in [1.807, 2.05) is 4.90 Å². The molecule has 2 aliphatic heterocycles. The molecule has 2 fully saturated rings. The minimum Gasteiger partial charge on any atom is -0.336 e. The van der Waals surface area contributed by atoms with Crippen molar-refractivity contribution in [2.75, 3.05) is 32.7 Å². The molecule has 8 nitrogen and oxygen atoms in total. The first-order valence-electron chi connectivity index (χ1n) is 9.69. The lowest BCUT2D eigenvalue weighted by Gasteiger charge is -2.41. The minimum absolute atomic E-state index is 0.00898. The number of benzene rings is 1. The lowest BCUT2D eigenvalue weighted by molar-refractivity contribution is -0.135. The quantitative estimate of drug-likeness (QED) is 0.808. The molecule has 0 aliphatic carbocycles. The Bertz CT molecular complexity index is 975. The third kappa shape index (κ3) is 4.04. The van der Waals surface area contributed by atoms with Crippen LogP contribution in [0.2, 0.25) is 0 Å². The van der Waals surface area contributed by atoms with Crippen molar-refractivity contribution in [2.45, 2.75) is 18.9 Å². The van der Waals surface area contributed by atoms with E-state index in [4.69, 9.17) is 0 Å². The Hall–Kier alpha value is -3.07. The first kappa shape index (κ1) is 19.3. The Labute approximate surface area is 166 Å². The molecular formula is C20H22FN5O3. The fourth-order valence-electron chi connectivity index (χ4n) is 3.86. The van der Waals surface area contributed by atoms with Crippen LogP contribution in [0.3, 0.4) is 0 Å². The zero-order chi connectivity index (χ0) is 20.4. The van der Waals surface area contributed by atoms with E-state index in [0.29, 0.717) is 31.9 Å². The van der Waals surface area contributed by atoms with Crippen molar-refractivity contribution in [2.24, 2.45) is 0 Å². The van der Waals surface area contributed by atoms with E-state index >= 15 is 0 Å². The van der Waals surface area contributed by atoms with Gasteiger partial charge in [0.25, 0.3) is 11.5 Å². The number of halogens is 1. The number of hydrogen-bond acceptors (Lipinski definition) is 5. The van der Waals surface area contributed by atoms with Gasteiger partial charge in [-0.15, -0.1) is 0 Å². The number of amides is 2. The Balaban J connectivity index is 1.54. The predicted molar refractivity (Wildman–Crippen MR) is 103 cm³/mol. The Morgan fingerprint density at radius 3 is 2.66 bits per heavy atom. The number of aromatic nitrogens is 2. The third-order valence-electron chi connectivity index (χ3n) is 5.34. The van der Waals surface area contributed by atoms with Crippen molar-refractivity contribution in [1.82, 2.24) is 24.9 Å². The Kier molecular flexibility index (Phi) is 5.39. The second-order valence-electron chi connectivity index (χ2n) is 7.26. The molecule has 2 saturated heterocycles. The van der Waals surface area contributed by atoms with Crippen molar-refractivity contribution >= 4 is 11.8 Å². The smallest absolute Gasteiger partial charge is 0.274 e. The molecule has 1 aromatic carbocycles. The highest BCUT2D eigenvalue weighted by molar-refractivity contribution is 5.92. The molecule has 1 unspecified atom stereocenters. The maximum absolute atomic E-state index is 13.2. The number of hydrogen-bond donors (Lipinski definition) is 1. The number of nitrogens with one attached hydrogen (secondary N) is 1. The number of rotatable bonds is 3. The van der Waals surface area contributed by atoms with E-state index in [9.17, 15) is 18.8 Å². The molecule has 2 aromatic rings. The van der Waals surface area contributed by atoms with Crippen LogP contribution in [0.4, 0.5) is 4.39 Å². The fraction of sp³-hybridized carbons (Fsp3) is 0.400. The van der Waals surface area contributed by atoms with Gasteiger partial charge in [0.2, 0.25) is 5.91 Å². The molecule has 1 aromatic heterocycles. The molecule has 152 valence electrons. The van der Waals surface area contributed by atoms with E-state index in [2.05, 4.69) is 10.4 Å². The molecule has 9 heteroatoms. The largest absolute Gasteiger partial charge is 0.336 e. The first-order valence-corrected chi connectivity index (χ1v) is 9.69. The Morgan fingerprint density at radius 2 is 1.90 bits per heavy atom. The van der Waals surface area contributed by atoms with Crippen molar-refractivity contribution in [3.05, 3.63) is 58.3 Å². The number of piperidine rings is 1. The standard InChI is InChI=1S/C20H22FN5O3/c21-14-3-5-15(6-4-14)26-18(27)8-7-17(23-26)20(29)24-10-1-2-16(13-24)25-11-9-22-12-19(25)28/h3-8,16,22H,1-2,9-13H2. The van der Waals surface area contributed by atoms with Crippen molar-refractivity contribution < 1.29 is 14.0 Å². The van der Waals surface area contributed by atoms with E-state index in [1.165, 1.54) is 36.4 Å². The topological polar surface area (TPSA) is 87.5 Å². The van der Waals surface area contributed by atoms with Crippen LogP contribution < -0.4 is 10.9 Å². The van der Waals surface area contributed by atoms with Crippen molar-refractivity contribution in [3.63, 3.8) is 0 Å². The molecule has 1 atom stereocenters. The molecule has 2 amide bonds. The summed E-state index contributed by atoms with van der Waals surface area (Å²) in [4.78, 5) is 40.9. The molecule has 0 saturated carbocycles. The summed E-state index contributed by atoms with van der Waals surface area (Å²) < 4.78 is 14.3. The lowest BCUT2D eigenvalue weighted by Crippen LogP contribution is -2.57. The van der Waals surface area contributed by atoms with Gasteiger partial charge < -0.3 is 15.1 Å². The van der Waals surface area contributed by atoms with Crippen molar-refractivity contribution in [1.29, 1.82) is 0 Å². The van der Waals surface area contributed by atoms with Crippen LogP contribution in [-0.4, -0.2) is 70.2 Å². The summed E-state index contributed by atoms with van der Waals surface area (Å²) in [6, 6.07) is 8.02. The van der Waals surface area contributed by atoms with Crippen LogP contribution in [0.1, 0.15) is 23.3 Å². The van der Waals surface area contributed by atoms with E-state index in [-0.39, 0.29) is 23.6 Å². The summed E-state index contributed by atoms with van der Waals surface area (Å²) >= 11 is 0. The van der Waals surface area contributed by atoms with Crippen LogP contribution in [0.25, 0.3) is 5.69 Å². The molecule has 1 N–H and O–H groups in total. The predicted octanol–water partition coefficient (Wildman–Crippen LogP) is 0.408. The van der Waals surface area contributed by atoms with Crippen LogP contribution in [0.15, 0.2) is 41.2 Å². The SMILES string of the molecule is O=C(c1ccc(=O)n(-c2ccc(F)cc2)n1)N1CCCC(N2CCNCC2=O)C1. The van der Waals surface area contributed by atoms with Gasteiger partial charge in [0.1, 0.15) is 11.5 Å². The van der Waals surface area contributed by atoms with Gasteiger partial charge in [-0.1, -0.05) is 0 Å². The minimum atomic E-state index is -0.421. The maximum atomic E-state index is 13.2. The fourth-order valence-corrected chi connectivity index (χ4v) is 3.86. The van der Waals surface area contributed by atoms with Gasteiger partial charge in [-0.3, -0.25) is 14.4 Å². The van der Waals surface area contributed by atoms with Gasteiger partial charge in [0.05, 0.1) is 12.2 Å². The summed E-state index contributed by atoms with van der Waals surface area (Å²) in [6.07, 6.45) is 1.66. The second-order valence-corrected chi connectivity index (χ2v) is 7.26. The molecule has 0 spiro atoms. The zero-order valence-corrected chi connectivity index (χ0v) is 15.9. The zero-order valence-electron chi connectivity index (χ0n) is 15.9. The number of piperazine rings is 1. The molecular weight excluding hydrogens is 377 g/mol. The van der Waals surface area contributed by atoms with E-state index in [1.54, 1.807) is 4.90 Å². The average molecular weight is 399 g/mol. The van der Waals surface area contributed by atoms with Gasteiger partial charge in [-0.25, -0.2) is 4.39 Å². The molecule has 2 aliphatic rings. The summed E-state index contributed by atoms with van der Waals surface area (Å²) in [5.74, 6) is -0.650. The molecule has 0 radical (unpaired) electrons. The molecule has 4 rings (SSSR count). The number of carbonyl (C=O) groups excluding carboxylic acids is 2. The highest BCUT2D eigenvalue weighted by Crippen LogP contribution is 2.18. The monoisotopic (exact) mass is 399 g/mol. The van der Waals surface area contributed by atoms with Crippen LogP contribution >= 0.6 is 0 Å². The van der Waals surface area contributed by atoms with Crippen LogP contribution in [0.5, 0.6) is 0 Å². The highest BCUT2D eigenvalue weighted by atomic mass is 19.1. The molecule has 0 bridgehead atoms. The normalized spacial score (nSPS) is 20.0. The Morgan fingerprint density at radius 1 is 1.10 bits per heavy atom.